The van der Waals surface area contributed by atoms with Crippen LogP contribution in [-0.2, 0) is 10.0 Å². The fraction of sp³-hybridized carbons (Fsp3) is 0.571. The Bertz CT molecular complexity index is 448. The molecule has 1 aromatic rings. The molecule has 0 unspecified atom stereocenters. The Balaban J connectivity index is 2.93. The Labute approximate surface area is 111 Å². The van der Waals surface area contributed by atoms with Crippen LogP contribution in [0.15, 0.2) is 35.2 Å². The van der Waals surface area contributed by atoms with Crippen molar-refractivity contribution in [3.63, 3.8) is 0 Å². The SMILES string of the molecule is CCCC(C)(CCC)NS(=O)(=O)c1ccccc1. The van der Waals surface area contributed by atoms with Crippen molar-refractivity contribution in [2.75, 3.05) is 0 Å². The summed E-state index contributed by atoms with van der Waals surface area (Å²) in [6.45, 7) is 6.13. The number of sulfonamides is 1. The van der Waals surface area contributed by atoms with Gasteiger partial charge in [-0.1, -0.05) is 44.9 Å². The van der Waals surface area contributed by atoms with Crippen molar-refractivity contribution in [1.82, 2.24) is 4.72 Å². The first-order valence-corrected chi connectivity index (χ1v) is 8.01. The predicted octanol–water partition coefficient (Wildman–Crippen LogP) is 3.32. The van der Waals surface area contributed by atoms with Gasteiger partial charge in [-0.3, -0.25) is 0 Å². The number of nitrogens with one attached hydrogen (secondary N) is 1. The molecule has 0 amide bonds. The zero-order valence-corrected chi connectivity index (χ0v) is 12.3. The Kier molecular flexibility index (Phi) is 5.35. The highest BCUT2D eigenvalue weighted by molar-refractivity contribution is 7.89. The molecule has 3 nitrogen and oxygen atoms in total. The molecule has 0 saturated heterocycles. The summed E-state index contributed by atoms with van der Waals surface area (Å²) in [6, 6.07) is 8.55. The smallest absolute Gasteiger partial charge is 0.207 e. The number of hydrogen-bond donors (Lipinski definition) is 1. The molecule has 102 valence electrons. The third-order valence-corrected chi connectivity index (χ3v) is 4.69. The summed E-state index contributed by atoms with van der Waals surface area (Å²) in [5.41, 5.74) is -0.349. The van der Waals surface area contributed by atoms with E-state index in [1.54, 1.807) is 24.3 Å². The van der Waals surface area contributed by atoms with E-state index in [0.717, 1.165) is 25.7 Å². The molecule has 0 radical (unpaired) electrons. The zero-order valence-electron chi connectivity index (χ0n) is 11.4. The number of rotatable bonds is 7. The first kappa shape index (κ1) is 15.2. The van der Waals surface area contributed by atoms with E-state index in [0.29, 0.717) is 4.90 Å². The summed E-state index contributed by atoms with van der Waals surface area (Å²) >= 11 is 0. The molecular formula is C14H23NO2S. The van der Waals surface area contributed by atoms with Gasteiger partial charge >= 0.3 is 0 Å². The first-order valence-electron chi connectivity index (χ1n) is 6.52. The van der Waals surface area contributed by atoms with Gasteiger partial charge in [0.05, 0.1) is 4.90 Å². The van der Waals surface area contributed by atoms with Gasteiger partial charge in [-0.25, -0.2) is 13.1 Å². The maximum absolute atomic E-state index is 12.3. The van der Waals surface area contributed by atoms with Crippen molar-refractivity contribution in [2.45, 2.75) is 56.9 Å². The lowest BCUT2D eigenvalue weighted by Crippen LogP contribution is -2.45. The van der Waals surface area contributed by atoms with Gasteiger partial charge in [0.1, 0.15) is 0 Å². The molecule has 0 aliphatic rings. The van der Waals surface area contributed by atoms with Gasteiger partial charge in [0.2, 0.25) is 10.0 Å². The standard InChI is InChI=1S/C14H23NO2S/c1-4-11-14(3,12-5-2)15-18(16,17)13-9-7-6-8-10-13/h6-10,15H,4-5,11-12H2,1-3H3. The first-order chi connectivity index (χ1) is 8.43. The third-order valence-electron chi connectivity index (χ3n) is 3.04. The van der Waals surface area contributed by atoms with Gasteiger partial charge in [-0.05, 0) is 31.9 Å². The van der Waals surface area contributed by atoms with E-state index in [-0.39, 0.29) is 5.54 Å². The molecule has 0 atom stereocenters. The normalized spacial score (nSPS) is 12.6. The second kappa shape index (κ2) is 6.34. The predicted molar refractivity (Wildman–Crippen MR) is 75.0 cm³/mol. The van der Waals surface area contributed by atoms with E-state index in [1.807, 2.05) is 13.0 Å². The largest absolute Gasteiger partial charge is 0.241 e. The lowest BCUT2D eigenvalue weighted by molar-refractivity contribution is 0.353. The van der Waals surface area contributed by atoms with E-state index in [2.05, 4.69) is 18.6 Å². The van der Waals surface area contributed by atoms with Crippen LogP contribution >= 0.6 is 0 Å². The van der Waals surface area contributed by atoms with E-state index in [4.69, 9.17) is 0 Å². The van der Waals surface area contributed by atoms with Gasteiger partial charge in [0.25, 0.3) is 0 Å². The van der Waals surface area contributed by atoms with Crippen LogP contribution in [0.3, 0.4) is 0 Å². The molecule has 0 saturated carbocycles. The van der Waals surface area contributed by atoms with Crippen LogP contribution in [0.5, 0.6) is 0 Å². The monoisotopic (exact) mass is 269 g/mol. The van der Waals surface area contributed by atoms with Crippen LogP contribution in [0.25, 0.3) is 0 Å². The van der Waals surface area contributed by atoms with E-state index < -0.39 is 10.0 Å². The van der Waals surface area contributed by atoms with Crippen LogP contribution < -0.4 is 4.72 Å². The molecule has 0 aliphatic carbocycles. The Morgan fingerprint density at radius 3 is 2.00 bits per heavy atom. The summed E-state index contributed by atoms with van der Waals surface area (Å²) in [4.78, 5) is 0.337. The Morgan fingerprint density at radius 1 is 1.06 bits per heavy atom. The van der Waals surface area contributed by atoms with E-state index in [9.17, 15) is 8.42 Å². The summed E-state index contributed by atoms with van der Waals surface area (Å²) in [5, 5.41) is 0. The van der Waals surface area contributed by atoms with Crippen molar-refractivity contribution in [3.05, 3.63) is 30.3 Å². The molecule has 0 heterocycles. The average molecular weight is 269 g/mol. The molecular weight excluding hydrogens is 246 g/mol. The summed E-state index contributed by atoms with van der Waals surface area (Å²) < 4.78 is 27.4. The minimum Gasteiger partial charge on any atom is -0.207 e. The van der Waals surface area contributed by atoms with Crippen molar-refractivity contribution < 1.29 is 8.42 Å². The average Bonchev–Trinajstić information content (AvgIpc) is 2.29. The van der Waals surface area contributed by atoms with Crippen molar-refractivity contribution >= 4 is 10.0 Å². The Morgan fingerprint density at radius 2 is 1.56 bits per heavy atom. The molecule has 0 bridgehead atoms. The molecule has 18 heavy (non-hydrogen) atoms. The minimum atomic E-state index is -3.41. The van der Waals surface area contributed by atoms with Gasteiger partial charge in [-0.2, -0.15) is 0 Å². The minimum absolute atomic E-state index is 0.337. The zero-order chi connectivity index (χ0) is 13.6. The fourth-order valence-electron chi connectivity index (χ4n) is 2.31. The van der Waals surface area contributed by atoms with Crippen molar-refractivity contribution in [1.29, 1.82) is 0 Å². The molecule has 1 N–H and O–H groups in total. The summed E-state index contributed by atoms with van der Waals surface area (Å²) in [5.74, 6) is 0. The quantitative estimate of drug-likeness (QED) is 0.825. The molecule has 1 aromatic carbocycles. The van der Waals surface area contributed by atoms with Crippen LogP contribution in [0, 0.1) is 0 Å². The number of benzene rings is 1. The molecule has 4 heteroatoms. The van der Waals surface area contributed by atoms with Crippen molar-refractivity contribution in [2.24, 2.45) is 0 Å². The molecule has 0 spiro atoms. The highest BCUT2D eigenvalue weighted by Gasteiger charge is 2.28. The van der Waals surface area contributed by atoms with Gasteiger partial charge in [0, 0.05) is 5.54 Å². The van der Waals surface area contributed by atoms with Crippen LogP contribution in [0.1, 0.15) is 46.5 Å². The van der Waals surface area contributed by atoms with Crippen LogP contribution in [-0.4, -0.2) is 14.0 Å². The molecule has 1 rings (SSSR count). The molecule has 0 aliphatic heterocycles. The van der Waals surface area contributed by atoms with Gasteiger partial charge in [-0.15, -0.1) is 0 Å². The third kappa shape index (κ3) is 4.10. The highest BCUT2D eigenvalue weighted by atomic mass is 32.2. The number of hydrogen-bond acceptors (Lipinski definition) is 2. The van der Waals surface area contributed by atoms with Crippen molar-refractivity contribution in [3.8, 4) is 0 Å². The Hall–Kier alpha value is -0.870. The fourth-order valence-corrected chi connectivity index (χ4v) is 3.80. The summed E-state index contributed by atoms with van der Waals surface area (Å²) in [6.07, 6.45) is 3.64. The van der Waals surface area contributed by atoms with Crippen LogP contribution in [0.4, 0.5) is 0 Å². The second-order valence-electron chi connectivity index (χ2n) is 4.98. The molecule has 0 aromatic heterocycles. The lowest BCUT2D eigenvalue weighted by atomic mass is 9.92. The second-order valence-corrected chi connectivity index (χ2v) is 6.66. The molecule has 0 fully saturated rings. The van der Waals surface area contributed by atoms with Gasteiger partial charge in [0.15, 0.2) is 0 Å². The highest BCUT2D eigenvalue weighted by Crippen LogP contribution is 2.22. The topological polar surface area (TPSA) is 46.2 Å². The van der Waals surface area contributed by atoms with E-state index >= 15 is 0 Å². The lowest BCUT2D eigenvalue weighted by Gasteiger charge is -2.30. The van der Waals surface area contributed by atoms with E-state index in [1.165, 1.54) is 0 Å². The van der Waals surface area contributed by atoms with Gasteiger partial charge < -0.3 is 0 Å². The maximum Gasteiger partial charge on any atom is 0.241 e. The van der Waals surface area contributed by atoms with Crippen LogP contribution in [0.2, 0.25) is 0 Å². The summed E-state index contributed by atoms with van der Waals surface area (Å²) in [7, 11) is -3.41. The maximum atomic E-state index is 12.3.